The summed E-state index contributed by atoms with van der Waals surface area (Å²) >= 11 is 0. The van der Waals surface area contributed by atoms with Crippen molar-refractivity contribution in [2.24, 2.45) is 17.4 Å². The highest BCUT2D eigenvalue weighted by atomic mass is 16.4. The van der Waals surface area contributed by atoms with Gasteiger partial charge in [0.25, 0.3) is 0 Å². The number of aliphatic carboxylic acids is 1. The Morgan fingerprint density at radius 3 is 2.33 bits per heavy atom. The molecule has 0 radical (unpaired) electrons. The van der Waals surface area contributed by atoms with Crippen molar-refractivity contribution >= 4 is 11.9 Å². The molecule has 6 nitrogen and oxygen atoms in total. The molecule has 0 aromatic carbocycles. The Bertz CT molecular complexity index is 269. The van der Waals surface area contributed by atoms with Gasteiger partial charge in [-0.05, 0) is 38.1 Å². The maximum absolute atomic E-state index is 11.7. The van der Waals surface area contributed by atoms with Gasteiger partial charge in [-0.25, -0.2) is 4.79 Å². The van der Waals surface area contributed by atoms with Crippen LogP contribution in [0.15, 0.2) is 0 Å². The lowest BCUT2D eigenvalue weighted by molar-refractivity contribution is -0.142. The van der Waals surface area contributed by atoms with Crippen molar-refractivity contribution in [1.29, 1.82) is 0 Å². The van der Waals surface area contributed by atoms with E-state index in [4.69, 9.17) is 16.6 Å². The molecule has 0 spiro atoms. The van der Waals surface area contributed by atoms with Crippen LogP contribution in [-0.4, -0.2) is 35.6 Å². The Morgan fingerprint density at radius 1 is 1.28 bits per heavy atom. The number of carbonyl (C=O) groups excluding carboxylic acids is 1. The second-order valence-corrected chi connectivity index (χ2v) is 4.92. The molecule has 18 heavy (non-hydrogen) atoms. The smallest absolute Gasteiger partial charge is 0.326 e. The zero-order chi connectivity index (χ0) is 14.1. The first-order valence-electron chi connectivity index (χ1n) is 6.37. The third-order valence-corrected chi connectivity index (χ3v) is 2.62. The Labute approximate surface area is 108 Å². The Morgan fingerprint density at radius 2 is 1.89 bits per heavy atom. The van der Waals surface area contributed by atoms with Gasteiger partial charge in [-0.3, -0.25) is 4.79 Å². The number of hydrogen-bond donors (Lipinski definition) is 4. The normalized spacial score (nSPS) is 14.3. The van der Waals surface area contributed by atoms with E-state index in [0.29, 0.717) is 31.7 Å². The molecule has 106 valence electrons. The highest BCUT2D eigenvalue weighted by molar-refractivity contribution is 5.86. The fourth-order valence-electron chi connectivity index (χ4n) is 1.64. The first-order chi connectivity index (χ1) is 8.38. The van der Waals surface area contributed by atoms with Crippen LogP contribution < -0.4 is 16.8 Å². The number of hydrogen-bond acceptors (Lipinski definition) is 4. The number of carbonyl (C=O) groups is 2. The molecule has 0 unspecified atom stereocenters. The maximum atomic E-state index is 11.7. The van der Waals surface area contributed by atoms with E-state index < -0.39 is 24.0 Å². The highest BCUT2D eigenvalue weighted by Gasteiger charge is 2.23. The minimum absolute atomic E-state index is 0.297. The van der Waals surface area contributed by atoms with Gasteiger partial charge in [0.05, 0.1) is 6.04 Å². The van der Waals surface area contributed by atoms with Crippen LogP contribution in [0.1, 0.15) is 39.5 Å². The van der Waals surface area contributed by atoms with E-state index in [1.165, 1.54) is 0 Å². The Kier molecular flexibility index (Phi) is 8.32. The van der Waals surface area contributed by atoms with Gasteiger partial charge in [0.1, 0.15) is 6.04 Å². The minimum atomic E-state index is -1.03. The van der Waals surface area contributed by atoms with Gasteiger partial charge in [-0.15, -0.1) is 0 Å². The molecular weight excluding hydrogens is 234 g/mol. The van der Waals surface area contributed by atoms with E-state index in [1.807, 2.05) is 13.8 Å². The summed E-state index contributed by atoms with van der Waals surface area (Å²) in [4.78, 5) is 22.7. The predicted molar refractivity (Wildman–Crippen MR) is 69.9 cm³/mol. The van der Waals surface area contributed by atoms with Crippen LogP contribution in [0, 0.1) is 5.92 Å². The molecule has 0 aliphatic carbocycles. The van der Waals surface area contributed by atoms with Crippen LogP contribution in [0.4, 0.5) is 0 Å². The fourth-order valence-corrected chi connectivity index (χ4v) is 1.64. The summed E-state index contributed by atoms with van der Waals surface area (Å²) in [5.74, 6) is -1.13. The van der Waals surface area contributed by atoms with Gasteiger partial charge in [0, 0.05) is 0 Å². The first-order valence-corrected chi connectivity index (χ1v) is 6.37. The van der Waals surface area contributed by atoms with Crippen molar-refractivity contribution in [1.82, 2.24) is 5.32 Å². The molecule has 0 aromatic heterocycles. The number of carboxylic acid groups (broad SMARTS) is 1. The summed E-state index contributed by atoms with van der Waals surface area (Å²) in [6.45, 7) is 4.44. The van der Waals surface area contributed by atoms with E-state index in [1.54, 1.807) is 0 Å². The SMILES string of the molecule is CC(C)C[C@@H](N)C(=O)N[C@H](CCCCN)C(=O)O. The number of nitrogens with one attached hydrogen (secondary N) is 1. The monoisotopic (exact) mass is 259 g/mol. The van der Waals surface area contributed by atoms with Crippen LogP contribution in [0.25, 0.3) is 0 Å². The summed E-state index contributed by atoms with van der Waals surface area (Å²) in [5.41, 5.74) is 11.0. The average molecular weight is 259 g/mol. The summed E-state index contributed by atoms with van der Waals surface area (Å²) in [5, 5.41) is 11.5. The molecule has 0 aliphatic rings. The molecule has 1 amide bonds. The molecule has 6 N–H and O–H groups in total. The summed E-state index contributed by atoms with van der Waals surface area (Å²) in [6, 6.07) is -1.52. The quantitative estimate of drug-likeness (QED) is 0.437. The second-order valence-electron chi connectivity index (χ2n) is 4.92. The van der Waals surface area contributed by atoms with Gasteiger partial charge in [-0.2, -0.15) is 0 Å². The summed E-state index contributed by atoms with van der Waals surface area (Å²) in [6.07, 6.45) is 2.35. The minimum Gasteiger partial charge on any atom is -0.480 e. The Hall–Kier alpha value is -1.14. The molecule has 2 atom stereocenters. The largest absolute Gasteiger partial charge is 0.480 e. The van der Waals surface area contributed by atoms with Crippen molar-refractivity contribution in [3.63, 3.8) is 0 Å². The number of nitrogens with two attached hydrogens (primary N) is 2. The fraction of sp³-hybridized carbons (Fsp3) is 0.833. The highest BCUT2D eigenvalue weighted by Crippen LogP contribution is 2.05. The van der Waals surface area contributed by atoms with Crippen molar-refractivity contribution in [2.45, 2.75) is 51.6 Å². The van der Waals surface area contributed by atoms with E-state index in [2.05, 4.69) is 5.32 Å². The average Bonchev–Trinajstić information content (AvgIpc) is 2.26. The summed E-state index contributed by atoms with van der Waals surface area (Å²) in [7, 11) is 0. The molecule has 0 saturated carbocycles. The van der Waals surface area contributed by atoms with Gasteiger partial charge < -0.3 is 21.9 Å². The molecule has 0 rings (SSSR count). The van der Waals surface area contributed by atoms with Crippen molar-refractivity contribution < 1.29 is 14.7 Å². The summed E-state index contributed by atoms with van der Waals surface area (Å²) < 4.78 is 0. The first kappa shape index (κ1) is 16.9. The van der Waals surface area contributed by atoms with Gasteiger partial charge in [0.2, 0.25) is 5.91 Å². The third kappa shape index (κ3) is 7.24. The van der Waals surface area contributed by atoms with E-state index in [-0.39, 0.29) is 0 Å². The molecule has 0 heterocycles. The van der Waals surface area contributed by atoms with Gasteiger partial charge in [-0.1, -0.05) is 13.8 Å². The lowest BCUT2D eigenvalue weighted by Gasteiger charge is -2.18. The van der Waals surface area contributed by atoms with Crippen LogP contribution >= 0.6 is 0 Å². The topological polar surface area (TPSA) is 118 Å². The molecule has 0 aromatic rings. The zero-order valence-corrected chi connectivity index (χ0v) is 11.2. The lowest BCUT2D eigenvalue weighted by Crippen LogP contribution is -2.48. The molecule has 0 saturated heterocycles. The lowest BCUT2D eigenvalue weighted by atomic mass is 10.0. The van der Waals surface area contributed by atoms with Gasteiger partial charge in [0.15, 0.2) is 0 Å². The zero-order valence-electron chi connectivity index (χ0n) is 11.2. The van der Waals surface area contributed by atoms with E-state index in [9.17, 15) is 9.59 Å². The van der Waals surface area contributed by atoms with Crippen molar-refractivity contribution in [2.75, 3.05) is 6.54 Å². The molecular formula is C12H25N3O3. The molecule has 0 fully saturated rings. The number of rotatable bonds is 9. The third-order valence-electron chi connectivity index (χ3n) is 2.62. The van der Waals surface area contributed by atoms with E-state index >= 15 is 0 Å². The molecule has 6 heteroatoms. The number of carboxylic acids is 1. The predicted octanol–water partition coefficient (Wildman–Crippen LogP) is 0.0582. The Balaban J connectivity index is 4.22. The molecule has 0 aliphatic heterocycles. The van der Waals surface area contributed by atoms with Crippen LogP contribution in [0.3, 0.4) is 0 Å². The molecule has 0 bridgehead atoms. The number of amides is 1. The standard InChI is InChI=1S/C12H25N3O3/c1-8(2)7-9(14)11(16)15-10(12(17)18)5-3-4-6-13/h8-10H,3-7,13-14H2,1-2H3,(H,15,16)(H,17,18)/t9-,10-/m1/s1. The van der Waals surface area contributed by atoms with Crippen LogP contribution in [0.5, 0.6) is 0 Å². The van der Waals surface area contributed by atoms with E-state index in [0.717, 1.165) is 6.42 Å². The van der Waals surface area contributed by atoms with Crippen molar-refractivity contribution in [3.05, 3.63) is 0 Å². The van der Waals surface area contributed by atoms with Crippen LogP contribution in [0.2, 0.25) is 0 Å². The van der Waals surface area contributed by atoms with Gasteiger partial charge >= 0.3 is 5.97 Å². The maximum Gasteiger partial charge on any atom is 0.326 e. The second kappa shape index (κ2) is 8.88. The van der Waals surface area contributed by atoms with Crippen molar-refractivity contribution in [3.8, 4) is 0 Å². The van der Waals surface area contributed by atoms with Crippen LogP contribution in [-0.2, 0) is 9.59 Å². The number of unbranched alkanes of at least 4 members (excludes halogenated alkanes) is 1.